The smallest absolute Gasteiger partial charge is 0.123 e. The first-order valence-electron chi connectivity index (χ1n) is 5.36. The lowest BCUT2D eigenvalue weighted by Gasteiger charge is -2.02. The van der Waals surface area contributed by atoms with Crippen molar-refractivity contribution < 1.29 is 4.39 Å². The van der Waals surface area contributed by atoms with Crippen molar-refractivity contribution in [2.45, 2.75) is 0 Å². The molecule has 81 valence electrons. The third kappa shape index (κ3) is 1.89. The highest BCUT2D eigenvalue weighted by Gasteiger charge is 2.01. The Kier molecular flexibility index (Phi) is 2.33. The highest BCUT2D eigenvalue weighted by Crippen LogP contribution is 2.20. The lowest BCUT2D eigenvalue weighted by Crippen LogP contribution is -1.85. The van der Waals surface area contributed by atoms with E-state index in [0.717, 1.165) is 22.2 Å². The largest absolute Gasteiger partial charge is 0.248 e. The fraction of sp³-hybridized carbons (Fsp3) is 0. The molecule has 3 aromatic rings. The first kappa shape index (κ1) is 9.97. The normalized spacial score (nSPS) is 10.6. The fourth-order valence-corrected chi connectivity index (χ4v) is 1.77. The molecule has 0 aliphatic heterocycles. The van der Waals surface area contributed by atoms with Crippen molar-refractivity contribution in [3.63, 3.8) is 0 Å². The van der Waals surface area contributed by atoms with Crippen molar-refractivity contribution >= 4 is 10.9 Å². The Labute approximate surface area is 98.6 Å². The number of halogens is 1. The van der Waals surface area contributed by atoms with Crippen molar-refractivity contribution in [1.29, 1.82) is 0 Å². The Balaban J connectivity index is 2.14. The predicted molar refractivity (Wildman–Crippen MR) is 66.0 cm³/mol. The van der Waals surface area contributed by atoms with E-state index in [0.29, 0.717) is 0 Å². The predicted octanol–water partition coefficient (Wildman–Crippen LogP) is 3.84. The van der Waals surface area contributed by atoms with E-state index in [1.165, 1.54) is 12.1 Å². The maximum Gasteiger partial charge on any atom is 0.123 e. The van der Waals surface area contributed by atoms with Gasteiger partial charge in [0.2, 0.25) is 0 Å². The summed E-state index contributed by atoms with van der Waals surface area (Å²) in [6.45, 7) is 0. The second-order valence-electron chi connectivity index (χ2n) is 3.81. The quantitative estimate of drug-likeness (QED) is 0.609. The molecule has 2 aromatic carbocycles. The Morgan fingerprint density at radius 3 is 2.53 bits per heavy atom. The Morgan fingerprint density at radius 1 is 0.941 bits per heavy atom. The van der Waals surface area contributed by atoms with Crippen LogP contribution in [0, 0.1) is 11.9 Å². The van der Waals surface area contributed by atoms with Gasteiger partial charge in [-0.25, -0.2) is 9.37 Å². The summed E-state index contributed by atoms with van der Waals surface area (Å²) in [5.41, 5.74) is 2.60. The molecule has 1 aromatic heterocycles. The summed E-state index contributed by atoms with van der Waals surface area (Å²) < 4.78 is 12.8. The van der Waals surface area contributed by atoms with Crippen molar-refractivity contribution in [3.8, 4) is 11.3 Å². The molecule has 1 nitrogen and oxygen atoms in total. The van der Waals surface area contributed by atoms with Gasteiger partial charge in [0.25, 0.3) is 0 Å². The van der Waals surface area contributed by atoms with Gasteiger partial charge < -0.3 is 0 Å². The SMILES string of the molecule is Fc1ccc(-c2c[c]c3ccccc3n2)cc1. The number of benzene rings is 2. The lowest BCUT2D eigenvalue weighted by atomic mass is 10.1. The molecule has 3 rings (SSSR count). The number of pyridine rings is 1. The molecule has 0 fully saturated rings. The summed E-state index contributed by atoms with van der Waals surface area (Å²) in [6, 6.07) is 19.1. The molecule has 0 saturated heterocycles. The Morgan fingerprint density at radius 2 is 1.71 bits per heavy atom. The van der Waals surface area contributed by atoms with Gasteiger partial charge in [-0.2, -0.15) is 0 Å². The van der Waals surface area contributed by atoms with E-state index in [1.54, 1.807) is 12.1 Å². The van der Waals surface area contributed by atoms with Gasteiger partial charge in [0, 0.05) is 10.9 Å². The summed E-state index contributed by atoms with van der Waals surface area (Å²) in [5.74, 6) is -0.237. The molecule has 0 unspecified atom stereocenters. The molecule has 17 heavy (non-hydrogen) atoms. The Hall–Kier alpha value is -2.22. The van der Waals surface area contributed by atoms with Crippen LogP contribution in [0.4, 0.5) is 4.39 Å². The lowest BCUT2D eigenvalue weighted by molar-refractivity contribution is 0.628. The molecule has 0 atom stereocenters. The van der Waals surface area contributed by atoms with E-state index in [-0.39, 0.29) is 5.82 Å². The molecule has 0 spiro atoms. The molecule has 0 bridgehead atoms. The number of aromatic nitrogens is 1. The molecule has 0 aliphatic carbocycles. The van der Waals surface area contributed by atoms with Crippen LogP contribution in [0.2, 0.25) is 0 Å². The standard InChI is InChI=1S/C15H9FN/c16-13-8-5-12(6-9-13)15-10-7-11-3-1-2-4-14(11)17-15/h1-6,8-10H. The zero-order valence-electron chi connectivity index (χ0n) is 9.02. The number of hydrogen-bond donors (Lipinski definition) is 0. The van der Waals surface area contributed by atoms with Crippen LogP contribution in [-0.4, -0.2) is 4.98 Å². The van der Waals surface area contributed by atoms with Crippen molar-refractivity contribution in [2.75, 3.05) is 0 Å². The first-order chi connectivity index (χ1) is 8.33. The van der Waals surface area contributed by atoms with Crippen LogP contribution < -0.4 is 0 Å². The maximum absolute atomic E-state index is 12.8. The summed E-state index contributed by atoms with van der Waals surface area (Å²) in [6.07, 6.45) is 0. The molecule has 1 heterocycles. The first-order valence-corrected chi connectivity index (χ1v) is 5.36. The van der Waals surface area contributed by atoms with Gasteiger partial charge >= 0.3 is 0 Å². The number of nitrogens with zero attached hydrogens (tertiary/aromatic N) is 1. The van der Waals surface area contributed by atoms with Crippen LogP contribution in [0.1, 0.15) is 0 Å². The van der Waals surface area contributed by atoms with Gasteiger partial charge in [0.1, 0.15) is 5.82 Å². The monoisotopic (exact) mass is 222 g/mol. The van der Waals surface area contributed by atoms with E-state index >= 15 is 0 Å². The zero-order chi connectivity index (χ0) is 11.7. The van der Waals surface area contributed by atoms with Gasteiger partial charge in [-0.3, -0.25) is 0 Å². The molecule has 0 N–H and O–H groups in total. The number of rotatable bonds is 1. The van der Waals surface area contributed by atoms with E-state index in [2.05, 4.69) is 11.1 Å². The van der Waals surface area contributed by atoms with Crippen molar-refractivity contribution in [1.82, 2.24) is 4.98 Å². The molecule has 2 heteroatoms. The van der Waals surface area contributed by atoms with Crippen LogP contribution in [-0.2, 0) is 0 Å². The van der Waals surface area contributed by atoms with Gasteiger partial charge in [-0.05, 0) is 42.5 Å². The molecule has 0 aliphatic rings. The van der Waals surface area contributed by atoms with E-state index in [1.807, 2.05) is 30.3 Å². The Bertz CT molecular complexity index is 659. The third-order valence-electron chi connectivity index (χ3n) is 2.65. The van der Waals surface area contributed by atoms with Gasteiger partial charge in [0.15, 0.2) is 0 Å². The number of fused-ring (bicyclic) bond motifs is 1. The van der Waals surface area contributed by atoms with Gasteiger partial charge in [0.05, 0.1) is 11.2 Å². The number of hydrogen-bond acceptors (Lipinski definition) is 1. The number of para-hydroxylation sites is 1. The minimum Gasteiger partial charge on any atom is -0.248 e. The van der Waals surface area contributed by atoms with Crippen LogP contribution >= 0.6 is 0 Å². The summed E-state index contributed by atoms with van der Waals surface area (Å²) in [5, 5.41) is 0.985. The summed E-state index contributed by atoms with van der Waals surface area (Å²) >= 11 is 0. The zero-order valence-corrected chi connectivity index (χ0v) is 9.02. The minimum absolute atomic E-state index is 0.237. The van der Waals surface area contributed by atoms with Crippen LogP contribution in [0.3, 0.4) is 0 Å². The van der Waals surface area contributed by atoms with Gasteiger partial charge in [-0.1, -0.05) is 18.2 Å². The molecule has 1 radical (unpaired) electrons. The van der Waals surface area contributed by atoms with E-state index in [4.69, 9.17) is 0 Å². The summed E-state index contributed by atoms with van der Waals surface area (Å²) in [7, 11) is 0. The van der Waals surface area contributed by atoms with Crippen LogP contribution in [0.15, 0.2) is 54.6 Å². The van der Waals surface area contributed by atoms with E-state index in [9.17, 15) is 4.39 Å². The minimum atomic E-state index is -0.237. The molecular weight excluding hydrogens is 213 g/mol. The van der Waals surface area contributed by atoms with Crippen molar-refractivity contribution in [2.24, 2.45) is 0 Å². The average molecular weight is 222 g/mol. The summed E-state index contributed by atoms with van der Waals surface area (Å²) in [4.78, 5) is 4.52. The van der Waals surface area contributed by atoms with E-state index < -0.39 is 0 Å². The average Bonchev–Trinajstić information content (AvgIpc) is 2.39. The molecule has 0 saturated carbocycles. The second kappa shape index (κ2) is 3.98. The van der Waals surface area contributed by atoms with Crippen molar-refractivity contribution in [3.05, 3.63) is 66.5 Å². The topological polar surface area (TPSA) is 12.9 Å². The van der Waals surface area contributed by atoms with Crippen LogP contribution in [0.5, 0.6) is 0 Å². The van der Waals surface area contributed by atoms with Crippen LogP contribution in [0.25, 0.3) is 22.2 Å². The maximum atomic E-state index is 12.8. The third-order valence-corrected chi connectivity index (χ3v) is 2.65. The van der Waals surface area contributed by atoms with Gasteiger partial charge in [-0.15, -0.1) is 0 Å². The second-order valence-corrected chi connectivity index (χ2v) is 3.81. The highest BCUT2D eigenvalue weighted by atomic mass is 19.1. The molecule has 0 amide bonds. The highest BCUT2D eigenvalue weighted by molar-refractivity contribution is 5.80. The molecular formula is C15H9FN. The fourth-order valence-electron chi connectivity index (χ4n) is 1.77.